The molecule has 0 aliphatic heterocycles. The molecule has 4 aromatic rings. The first kappa shape index (κ1) is 23.7. The Bertz CT molecular complexity index is 1300. The van der Waals surface area contributed by atoms with Crippen LogP contribution in [0.3, 0.4) is 0 Å². The van der Waals surface area contributed by atoms with Crippen molar-refractivity contribution >= 4 is 11.6 Å². The molecule has 0 fully saturated rings. The number of aryl methyl sites for hydroxylation is 1. The fourth-order valence-corrected chi connectivity index (χ4v) is 4.16. The van der Waals surface area contributed by atoms with E-state index in [1.165, 1.54) is 0 Å². The molecule has 0 bridgehead atoms. The smallest absolute Gasteiger partial charge is 0.270 e. The summed E-state index contributed by atoms with van der Waals surface area (Å²) in [5.74, 6) is 0.437. The Morgan fingerprint density at radius 1 is 1.06 bits per heavy atom. The van der Waals surface area contributed by atoms with Gasteiger partial charge in [-0.3, -0.25) is 9.36 Å². The van der Waals surface area contributed by atoms with Gasteiger partial charge in [0, 0.05) is 11.4 Å². The van der Waals surface area contributed by atoms with Crippen molar-refractivity contribution in [2.75, 3.05) is 0 Å². The predicted octanol–water partition coefficient (Wildman–Crippen LogP) is 5.59. The summed E-state index contributed by atoms with van der Waals surface area (Å²) in [6, 6.07) is 16.9. The molecular formula is C26H27ClN4O3. The maximum absolute atomic E-state index is 13.8. The molecule has 0 amide bonds. The molecule has 1 atom stereocenters. The largest absolute Gasteiger partial charge is 0.493 e. The van der Waals surface area contributed by atoms with E-state index >= 15 is 0 Å². The van der Waals surface area contributed by atoms with Gasteiger partial charge in [0.15, 0.2) is 5.56 Å². The summed E-state index contributed by atoms with van der Waals surface area (Å²) in [5, 5.41) is 19.5. The molecule has 8 heteroatoms. The van der Waals surface area contributed by atoms with Gasteiger partial charge in [0.2, 0.25) is 11.8 Å². The van der Waals surface area contributed by atoms with E-state index in [0.29, 0.717) is 36.0 Å². The van der Waals surface area contributed by atoms with Gasteiger partial charge in [-0.2, -0.15) is 4.98 Å². The first-order valence-electron chi connectivity index (χ1n) is 11.5. The van der Waals surface area contributed by atoms with Crippen LogP contribution >= 0.6 is 11.6 Å². The zero-order valence-corrected chi connectivity index (χ0v) is 20.0. The van der Waals surface area contributed by atoms with E-state index in [1.54, 1.807) is 16.7 Å². The average Bonchev–Trinajstić information content (AvgIpc) is 3.29. The molecule has 0 aliphatic rings. The van der Waals surface area contributed by atoms with Gasteiger partial charge >= 0.3 is 0 Å². The number of rotatable bonds is 9. The molecule has 34 heavy (non-hydrogen) atoms. The lowest BCUT2D eigenvalue weighted by Gasteiger charge is -2.23. The highest BCUT2D eigenvalue weighted by Crippen LogP contribution is 2.28. The van der Waals surface area contributed by atoms with Gasteiger partial charge in [-0.25, -0.2) is 0 Å². The number of halogens is 1. The second kappa shape index (κ2) is 10.7. The third kappa shape index (κ3) is 5.04. The van der Waals surface area contributed by atoms with Crippen LogP contribution in [0.2, 0.25) is 5.02 Å². The van der Waals surface area contributed by atoms with Gasteiger partial charge in [0.25, 0.3) is 11.4 Å². The Hall–Kier alpha value is -3.45. The van der Waals surface area contributed by atoms with Crippen molar-refractivity contribution in [3.63, 3.8) is 0 Å². The zero-order valence-electron chi connectivity index (χ0n) is 19.2. The van der Waals surface area contributed by atoms with E-state index in [2.05, 4.69) is 22.1 Å². The molecule has 7 nitrogen and oxygen atoms in total. The third-order valence-corrected chi connectivity index (χ3v) is 6.01. The summed E-state index contributed by atoms with van der Waals surface area (Å²) >= 11 is 5.95. The summed E-state index contributed by atoms with van der Waals surface area (Å²) in [5.41, 5.74) is 1.46. The first-order valence-corrected chi connectivity index (χ1v) is 11.9. The summed E-state index contributed by atoms with van der Waals surface area (Å²) in [7, 11) is 0. The van der Waals surface area contributed by atoms with Crippen LogP contribution in [0.25, 0.3) is 11.5 Å². The van der Waals surface area contributed by atoms with Crippen molar-refractivity contribution in [1.82, 2.24) is 19.7 Å². The third-order valence-electron chi connectivity index (χ3n) is 5.76. The van der Waals surface area contributed by atoms with Crippen molar-refractivity contribution in [2.45, 2.75) is 52.0 Å². The van der Waals surface area contributed by atoms with E-state index < -0.39 is 11.4 Å². The predicted molar refractivity (Wildman–Crippen MR) is 131 cm³/mol. The maximum atomic E-state index is 13.8. The van der Waals surface area contributed by atoms with Crippen LogP contribution in [0.5, 0.6) is 5.88 Å². The molecule has 1 unspecified atom stereocenters. The van der Waals surface area contributed by atoms with Gasteiger partial charge < -0.3 is 9.52 Å². The van der Waals surface area contributed by atoms with Gasteiger partial charge in [0.05, 0.1) is 12.5 Å². The minimum Gasteiger partial charge on any atom is -0.493 e. The van der Waals surface area contributed by atoms with E-state index in [9.17, 15) is 9.90 Å². The van der Waals surface area contributed by atoms with Crippen molar-refractivity contribution in [1.29, 1.82) is 0 Å². The number of hydrogen-bond donors (Lipinski definition) is 1. The molecule has 2 heterocycles. The van der Waals surface area contributed by atoms with Crippen molar-refractivity contribution in [3.05, 3.63) is 92.8 Å². The standard InChI is InChI=1S/C26H27ClN4O3/c1-3-5-11-21-28-24(32)23(26(33)31(21)20(4-2)18-9-7-6-8-10-18)25-30-29-22(34-25)16-17-12-14-19(27)15-13-17/h6-10,12-15,20,32H,3-5,11,16H2,1-2H3. The number of unbranched alkanes of at least 4 members (excludes halogenated alkanes) is 1. The van der Waals surface area contributed by atoms with Crippen molar-refractivity contribution in [3.8, 4) is 17.3 Å². The fourth-order valence-electron chi connectivity index (χ4n) is 4.03. The van der Waals surface area contributed by atoms with Crippen LogP contribution in [-0.4, -0.2) is 24.9 Å². The lowest BCUT2D eigenvalue weighted by molar-refractivity contribution is 0.425. The van der Waals surface area contributed by atoms with Crippen LogP contribution in [-0.2, 0) is 12.8 Å². The SMILES string of the molecule is CCCCc1nc(O)c(-c2nnc(Cc3ccc(Cl)cc3)o2)c(=O)n1C(CC)c1ccccc1. The van der Waals surface area contributed by atoms with Crippen molar-refractivity contribution < 1.29 is 9.52 Å². The van der Waals surface area contributed by atoms with Crippen LogP contribution in [0.1, 0.15) is 62.0 Å². The highest BCUT2D eigenvalue weighted by atomic mass is 35.5. The summed E-state index contributed by atoms with van der Waals surface area (Å²) in [6.07, 6.45) is 3.43. The summed E-state index contributed by atoms with van der Waals surface area (Å²) in [4.78, 5) is 18.2. The van der Waals surface area contributed by atoms with Crippen LogP contribution in [0.15, 0.2) is 63.8 Å². The van der Waals surface area contributed by atoms with E-state index in [4.69, 9.17) is 16.0 Å². The first-order chi connectivity index (χ1) is 16.5. The van der Waals surface area contributed by atoms with Gasteiger partial charge in [-0.15, -0.1) is 10.2 Å². The molecule has 0 saturated carbocycles. The second-order valence-electron chi connectivity index (χ2n) is 8.14. The highest BCUT2D eigenvalue weighted by Gasteiger charge is 2.26. The number of aromatic hydroxyl groups is 1. The molecule has 2 aromatic heterocycles. The van der Waals surface area contributed by atoms with E-state index in [1.807, 2.05) is 49.4 Å². The van der Waals surface area contributed by atoms with Gasteiger partial charge in [-0.1, -0.05) is 74.3 Å². The Morgan fingerprint density at radius 3 is 2.47 bits per heavy atom. The van der Waals surface area contributed by atoms with Gasteiger partial charge in [0.1, 0.15) is 5.82 Å². The molecule has 1 N–H and O–H groups in total. The molecule has 0 aliphatic carbocycles. The molecule has 2 aromatic carbocycles. The topological polar surface area (TPSA) is 94.0 Å². The van der Waals surface area contributed by atoms with Crippen LogP contribution in [0.4, 0.5) is 0 Å². The monoisotopic (exact) mass is 478 g/mol. The van der Waals surface area contributed by atoms with Gasteiger partial charge in [-0.05, 0) is 36.1 Å². The molecule has 0 spiro atoms. The minimum absolute atomic E-state index is 0.0438. The number of nitrogens with zero attached hydrogens (tertiary/aromatic N) is 4. The molecular weight excluding hydrogens is 452 g/mol. The molecule has 176 valence electrons. The Labute approximate surface area is 203 Å². The lowest BCUT2D eigenvalue weighted by atomic mass is 10.0. The fraction of sp³-hybridized carbons (Fsp3) is 0.308. The average molecular weight is 479 g/mol. The Balaban J connectivity index is 1.78. The maximum Gasteiger partial charge on any atom is 0.270 e. The molecule has 0 saturated heterocycles. The van der Waals surface area contributed by atoms with E-state index in [0.717, 1.165) is 24.0 Å². The molecule has 4 rings (SSSR count). The number of benzene rings is 2. The summed E-state index contributed by atoms with van der Waals surface area (Å²) in [6.45, 7) is 4.10. The zero-order chi connectivity index (χ0) is 24.1. The minimum atomic E-state index is -0.393. The van der Waals surface area contributed by atoms with E-state index in [-0.39, 0.29) is 17.5 Å². The summed E-state index contributed by atoms with van der Waals surface area (Å²) < 4.78 is 7.46. The van der Waals surface area contributed by atoms with Crippen LogP contribution < -0.4 is 5.56 Å². The second-order valence-corrected chi connectivity index (χ2v) is 8.58. The molecule has 0 radical (unpaired) electrons. The lowest BCUT2D eigenvalue weighted by Crippen LogP contribution is -2.31. The highest BCUT2D eigenvalue weighted by molar-refractivity contribution is 6.30. The Morgan fingerprint density at radius 2 is 1.79 bits per heavy atom. The number of aromatic nitrogens is 4. The van der Waals surface area contributed by atoms with Crippen LogP contribution in [0, 0.1) is 0 Å². The van der Waals surface area contributed by atoms with Crippen molar-refractivity contribution in [2.24, 2.45) is 0 Å². The number of hydrogen-bond acceptors (Lipinski definition) is 6. The Kier molecular flexibility index (Phi) is 7.43. The normalized spacial score (nSPS) is 12.1. The quantitative estimate of drug-likeness (QED) is 0.337.